The second-order valence-electron chi connectivity index (χ2n) is 2.39. The zero-order valence-electron chi connectivity index (χ0n) is 6.90. The Morgan fingerprint density at radius 3 is 2.33 bits per heavy atom. The van der Waals surface area contributed by atoms with Gasteiger partial charge in [-0.15, -0.1) is 0 Å². The molecule has 0 rings (SSSR count). The Kier molecular flexibility index (Phi) is 5.53. The summed E-state index contributed by atoms with van der Waals surface area (Å²) in [5.41, 5.74) is 0.749. The van der Waals surface area contributed by atoms with Gasteiger partial charge in [0, 0.05) is 0 Å². The number of allylic oxidation sites excluding steroid dienone is 4. The van der Waals surface area contributed by atoms with E-state index in [4.69, 9.17) is 0 Å². The fourth-order valence-electron chi connectivity index (χ4n) is 0.703. The molecule has 0 radical (unpaired) electrons. The highest BCUT2D eigenvalue weighted by Crippen LogP contribution is 2.06. The van der Waals surface area contributed by atoms with Gasteiger partial charge < -0.3 is 9.59 Å². The van der Waals surface area contributed by atoms with E-state index in [9.17, 15) is 9.59 Å². The Bertz CT molecular complexity index is 206. The van der Waals surface area contributed by atoms with Gasteiger partial charge in [0.15, 0.2) is 0 Å². The molecule has 0 aliphatic carbocycles. The van der Waals surface area contributed by atoms with Crippen LogP contribution in [0.5, 0.6) is 0 Å². The van der Waals surface area contributed by atoms with Gasteiger partial charge >= 0.3 is 0 Å². The maximum Gasteiger partial charge on any atom is 0.130 e. The molecule has 0 heterocycles. The predicted molar refractivity (Wildman–Crippen MR) is 48.7 cm³/mol. The molecule has 0 N–H and O–H groups in total. The van der Waals surface area contributed by atoms with Crippen molar-refractivity contribution in [2.24, 2.45) is 5.92 Å². The highest BCUT2D eigenvalue weighted by Gasteiger charge is 2.04. The lowest BCUT2D eigenvalue weighted by atomic mass is 10.0. The third kappa shape index (κ3) is 4.39. The zero-order chi connectivity index (χ0) is 9.40. The molecule has 0 aliphatic rings. The van der Waals surface area contributed by atoms with Crippen molar-refractivity contribution < 1.29 is 9.59 Å². The minimum atomic E-state index is -0.563. The van der Waals surface area contributed by atoms with Crippen molar-refractivity contribution in [1.29, 1.82) is 0 Å². The van der Waals surface area contributed by atoms with Gasteiger partial charge in [-0.25, -0.2) is 0 Å². The Morgan fingerprint density at radius 1 is 1.33 bits per heavy atom. The average molecular weight is 164 g/mol. The average Bonchev–Trinajstić information content (AvgIpc) is 2.10. The van der Waals surface area contributed by atoms with Crippen LogP contribution in [0.15, 0.2) is 37.0 Å². The molecule has 0 unspecified atom stereocenters. The van der Waals surface area contributed by atoms with Crippen LogP contribution in [-0.4, -0.2) is 12.6 Å². The molecule has 0 amide bonds. The van der Waals surface area contributed by atoms with Crippen molar-refractivity contribution in [2.75, 3.05) is 0 Å². The lowest BCUT2D eigenvalue weighted by molar-refractivity contribution is -0.119. The van der Waals surface area contributed by atoms with Crippen molar-refractivity contribution >= 4 is 12.6 Å². The van der Waals surface area contributed by atoms with Crippen molar-refractivity contribution in [2.45, 2.75) is 6.42 Å². The second-order valence-corrected chi connectivity index (χ2v) is 2.39. The van der Waals surface area contributed by atoms with Crippen LogP contribution >= 0.6 is 0 Å². The van der Waals surface area contributed by atoms with Gasteiger partial charge in [-0.3, -0.25) is 0 Å². The Labute approximate surface area is 72.3 Å². The molecular weight excluding hydrogens is 152 g/mol. The summed E-state index contributed by atoms with van der Waals surface area (Å²) in [4.78, 5) is 20.5. The predicted octanol–water partition coefficient (Wildman–Crippen LogP) is 1.69. The first-order valence-electron chi connectivity index (χ1n) is 3.62. The van der Waals surface area contributed by atoms with Crippen molar-refractivity contribution in [3.05, 3.63) is 37.0 Å². The Morgan fingerprint density at radius 2 is 1.92 bits per heavy atom. The maximum absolute atomic E-state index is 10.2. The summed E-state index contributed by atoms with van der Waals surface area (Å²) in [6.45, 7) is 7.16. The lowest BCUT2D eigenvalue weighted by Crippen LogP contribution is -2.03. The number of rotatable bonds is 6. The van der Waals surface area contributed by atoms with Crippen LogP contribution in [-0.2, 0) is 9.59 Å². The minimum absolute atomic E-state index is 0.386. The van der Waals surface area contributed by atoms with Gasteiger partial charge in [-0.1, -0.05) is 37.0 Å². The van der Waals surface area contributed by atoms with E-state index in [1.807, 2.05) is 0 Å². The molecular formula is C10H12O2. The molecule has 0 saturated carbocycles. The Hall–Kier alpha value is -1.44. The fraction of sp³-hybridized carbons (Fsp3) is 0.200. The van der Waals surface area contributed by atoms with Crippen LogP contribution in [0.2, 0.25) is 0 Å². The molecule has 0 spiro atoms. The van der Waals surface area contributed by atoms with Crippen molar-refractivity contribution in [3.8, 4) is 0 Å². The zero-order valence-corrected chi connectivity index (χ0v) is 6.90. The van der Waals surface area contributed by atoms with Gasteiger partial charge in [0.05, 0.1) is 5.92 Å². The summed E-state index contributed by atoms with van der Waals surface area (Å²) in [7, 11) is 0. The SMILES string of the molecule is C=C/C=C\C(=C)CC(C=O)C=O. The first-order valence-corrected chi connectivity index (χ1v) is 3.62. The first-order chi connectivity index (χ1) is 5.74. The van der Waals surface area contributed by atoms with E-state index >= 15 is 0 Å². The highest BCUT2D eigenvalue weighted by molar-refractivity contribution is 5.77. The van der Waals surface area contributed by atoms with Crippen LogP contribution in [0.1, 0.15) is 6.42 Å². The van der Waals surface area contributed by atoms with E-state index in [1.54, 1.807) is 18.2 Å². The summed E-state index contributed by atoms with van der Waals surface area (Å²) >= 11 is 0. The number of aldehydes is 2. The number of carbonyl (C=O) groups excluding carboxylic acids is 2. The van der Waals surface area contributed by atoms with E-state index in [2.05, 4.69) is 13.2 Å². The van der Waals surface area contributed by atoms with Crippen molar-refractivity contribution in [1.82, 2.24) is 0 Å². The van der Waals surface area contributed by atoms with Gasteiger partial charge in [-0.2, -0.15) is 0 Å². The molecule has 2 heteroatoms. The molecule has 12 heavy (non-hydrogen) atoms. The van der Waals surface area contributed by atoms with Crippen LogP contribution in [0, 0.1) is 5.92 Å². The molecule has 64 valence electrons. The molecule has 0 bridgehead atoms. The van der Waals surface area contributed by atoms with Gasteiger partial charge in [0.2, 0.25) is 0 Å². The number of hydrogen-bond donors (Lipinski definition) is 0. The number of hydrogen-bond acceptors (Lipinski definition) is 2. The monoisotopic (exact) mass is 164 g/mol. The first kappa shape index (κ1) is 10.6. The van der Waals surface area contributed by atoms with Gasteiger partial charge in [0.25, 0.3) is 0 Å². The smallest absolute Gasteiger partial charge is 0.130 e. The van der Waals surface area contributed by atoms with E-state index in [-0.39, 0.29) is 0 Å². The molecule has 0 saturated heterocycles. The van der Waals surface area contributed by atoms with Crippen LogP contribution in [0.3, 0.4) is 0 Å². The van der Waals surface area contributed by atoms with Crippen LogP contribution < -0.4 is 0 Å². The third-order valence-corrected chi connectivity index (χ3v) is 1.32. The topological polar surface area (TPSA) is 34.1 Å². The molecule has 0 atom stereocenters. The summed E-state index contributed by atoms with van der Waals surface area (Å²) < 4.78 is 0. The summed E-state index contributed by atoms with van der Waals surface area (Å²) in [6.07, 6.45) is 6.70. The standard InChI is InChI=1S/C10H12O2/c1-3-4-5-9(2)6-10(7-11)8-12/h3-5,7-8,10H,1-2,6H2/b5-4-. The maximum atomic E-state index is 10.2. The minimum Gasteiger partial charge on any atom is -0.303 e. The summed E-state index contributed by atoms with van der Waals surface area (Å²) in [5, 5.41) is 0. The molecule has 0 aliphatic heterocycles. The van der Waals surface area contributed by atoms with Gasteiger partial charge in [-0.05, 0) is 6.42 Å². The highest BCUT2D eigenvalue weighted by atomic mass is 16.1. The van der Waals surface area contributed by atoms with E-state index in [0.29, 0.717) is 19.0 Å². The van der Waals surface area contributed by atoms with Crippen LogP contribution in [0.25, 0.3) is 0 Å². The third-order valence-electron chi connectivity index (χ3n) is 1.32. The summed E-state index contributed by atoms with van der Waals surface area (Å²) in [5.74, 6) is -0.563. The Balaban J connectivity index is 3.97. The van der Waals surface area contributed by atoms with E-state index in [1.165, 1.54) is 0 Å². The fourth-order valence-corrected chi connectivity index (χ4v) is 0.703. The largest absolute Gasteiger partial charge is 0.303 e. The summed E-state index contributed by atoms with van der Waals surface area (Å²) in [6, 6.07) is 0. The van der Waals surface area contributed by atoms with E-state index < -0.39 is 5.92 Å². The molecule has 0 aromatic heterocycles. The quantitative estimate of drug-likeness (QED) is 0.340. The molecule has 2 nitrogen and oxygen atoms in total. The van der Waals surface area contributed by atoms with E-state index in [0.717, 1.165) is 5.57 Å². The second kappa shape index (κ2) is 6.28. The molecule has 0 fully saturated rings. The molecule has 0 aromatic rings. The van der Waals surface area contributed by atoms with Gasteiger partial charge in [0.1, 0.15) is 12.6 Å². The molecule has 0 aromatic carbocycles. The van der Waals surface area contributed by atoms with Crippen molar-refractivity contribution in [3.63, 3.8) is 0 Å². The lowest BCUT2D eigenvalue weighted by Gasteiger charge is -2.00. The van der Waals surface area contributed by atoms with Crippen LogP contribution in [0.4, 0.5) is 0 Å². The number of carbonyl (C=O) groups is 2. The normalized spacial score (nSPS) is 10.1.